The van der Waals surface area contributed by atoms with Crippen LogP contribution in [0.3, 0.4) is 0 Å². The van der Waals surface area contributed by atoms with Crippen LogP contribution in [0, 0.1) is 13.8 Å². The van der Waals surface area contributed by atoms with Crippen molar-refractivity contribution >= 4 is 34.7 Å². The van der Waals surface area contributed by atoms with Crippen molar-refractivity contribution in [1.82, 2.24) is 9.97 Å². The lowest BCUT2D eigenvalue weighted by molar-refractivity contribution is 0.102. The fourth-order valence-electron chi connectivity index (χ4n) is 2.23. The summed E-state index contributed by atoms with van der Waals surface area (Å²) in [7, 11) is 0. The highest BCUT2D eigenvalue weighted by atomic mass is 35.5. The highest BCUT2D eigenvalue weighted by Gasteiger charge is 2.10. The molecule has 3 aromatic rings. The van der Waals surface area contributed by atoms with Crippen molar-refractivity contribution in [2.24, 2.45) is 0 Å². The van der Waals surface area contributed by atoms with E-state index in [-0.39, 0.29) is 11.6 Å². The molecule has 1 aromatic heterocycles. The zero-order valence-corrected chi connectivity index (χ0v) is 14.6. The van der Waals surface area contributed by atoms with Crippen LogP contribution < -0.4 is 10.6 Å². The normalized spacial score (nSPS) is 10.4. The summed E-state index contributed by atoms with van der Waals surface area (Å²) in [6.07, 6.45) is 2.97. The highest BCUT2D eigenvalue weighted by Crippen LogP contribution is 2.21. The minimum absolute atomic E-state index is 0.229. The number of hydrogen-bond acceptors (Lipinski definition) is 4. The number of carbonyl (C=O) groups is 1. The van der Waals surface area contributed by atoms with Gasteiger partial charge in [-0.15, -0.1) is 0 Å². The Labute approximate surface area is 151 Å². The summed E-state index contributed by atoms with van der Waals surface area (Å²) in [6, 6.07) is 13.2. The highest BCUT2D eigenvalue weighted by molar-refractivity contribution is 6.31. The Balaban J connectivity index is 1.70. The molecule has 0 spiro atoms. The molecule has 0 saturated carbocycles. The van der Waals surface area contributed by atoms with Gasteiger partial charge in [-0.1, -0.05) is 35.9 Å². The summed E-state index contributed by atoms with van der Waals surface area (Å²) >= 11 is 6.07. The Morgan fingerprint density at radius 2 is 1.80 bits per heavy atom. The van der Waals surface area contributed by atoms with Gasteiger partial charge in [-0.05, 0) is 43.2 Å². The van der Waals surface area contributed by atoms with Gasteiger partial charge < -0.3 is 10.6 Å². The van der Waals surface area contributed by atoms with Gasteiger partial charge in [0.25, 0.3) is 5.91 Å². The maximum Gasteiger partial charge on any atom is 0.275 e. The summed E-state index contributed by atoms with van der Waals surface area (Å²) in [5.41, 5.74) is 3.84. The predicted octanol–water partition coefficient (Wildman–Crippen LogP) is 4.74. The Morgan fingerprint density at radius 3 is 2.48 bits per heavy atom. The molecule has 0 atom stereocenters. The smallest absolute Gasteiger partial charge is 0.275 e. The van der Waals surface area contributed by atoms with E-state index >= 15 is 0 Å². The third-order valence-electron chi connectivity index (χ3n) is 3.72. The zero-order valence-electron chi connectivity index (χ0n) is 13.9. The van der Waals surface area contributed by atoms with E-state index in [0.717, 1.165) is 16.8 Å². The number of amides is 1. The van der Waals surface area contributed by atoms with Crippen LogP contribution in [0.25, 0.3) is 0 Å². The number of halogens is 1. The second kappa shape index (κ2) is 7.32. The number of nitrogens with zero attached hydrogens (tertiary/aromatic N) is 2. The predicted molar refractivity (Wildman–Crippen MR) is 101 cm³/mol. The molecule has 5 nitrogen and oxygen atoms in total. The SMILES string of the molecule is Cc1ccc(NC(=O)c2cnc(Nc3ccccc3C)cn2)cc1Cl. The molecule has 0 aliphatic rings. The lowest BCUT2D eigenvalue weighted by Gasteiger charge is -2.09. The van der Waals surface area contributed by atoms with Crippen LogP contribution in [0.1, 0.15) is 21.6 Å². The van der Waals surface area contributed by atoms with E-state index in [1.165, 1.54) is 12.4 Å². The average molecular weight is 353 g/mol. The van der Waals surface area contributed by atoms with Crippen LogP contribution in [0.4, 0.5) is 17.2 Å². The zero-order chi connectivity index (χ0) is 17.8. The van der Waals surface area contributed by atoms with Gasteiger partial charge in [0.1, 0.15) is 11.5 Å². The Kier molecular flexibility index (Phi) is 4.95. The molecule has 1 heterocycles. The van der Waals surface area contributed by atoms with Crippen LogP contribution in [0.15, 0.2) is 54.9 Å². The van der Waals surface area contributed by atoms with Crippen LogP contribution in [-0.2, 0) is 0 Å². The fourth-order valence-corrected chi connectivity index (χ4v) is 2.41. The fraction of sp³-hybridized carbons (Fsp3) is 0.105. The van der Waals surface area contributed by atoms with E-state index in [9.17, 15) is 4.79 Å². The second-order valence-corrected chi connectivity index (χ2v) is 6.05. The van der Waals surface area contributed by atoms with Crippen molar-refractivity contribution in [2.75, 3.05) is 10.6 Å². The van der Waals surface area contributed by atoms with Gasteiger partial charge in [0.15, 0.2) is 0 Å². The molecule has 126 valence electrons. The lowest BCUT2D eigenvalue weighted by Crippen LogP contribution is -2.14. The standard InChI is InChI=1S/C19H17ClN4O/c1-12-7-8-14(9-15(12)20)23-19(25)17-10-22-18(11-21-17)24-16-6-4-3-5-13(16)2/h3-11H,1-2H3,(H,22,24)(H,23,25). The quantitative estimate of drug-likeness (QED) is 0.711. The van der Waals surface area contributed by atoms with Crippen LogP contribution in [0.5, 0.6) is 0 Å². The number of aryl methyl sites for hydroxylation is 2. The number of para-hydroxylation sites is 1. The van der Waals surface area contributed by atoms with E-state index in [0.29, 0.717) is 16.5 Å². The van der Waals surface area contributed by atoms with E-state index in [1.807, 2.05) is 44.2 Å². The van der Waals surface area contributed by atoms with Crippen molar-refractivity contribution in [3.05, 3.63) is 76.7 Å². The largest absolute Gasteiger partial charge is 0.339 e. The van der Waals surface area contributed by atoms with Gasteiger partial charge in [0.2, 0.25) is 0 Å². The second-order valence-electron chi connectivity index (χ2n) is 5.64. The molecular formula is C19H17ClN4O. The van der Waals surface area contributed by atoms with E-state index in [4.69, 9.17) is 11.6 Å². The lowest BCUT2D eigenvalue weighted by atomic mass is 10.2. The summed E-state index contributed by atoms with van der Waals surface area (Å²) in [5, 5.41) is 6.54. The van der Waals surface area contributed by atoms with Crippen LogP contribution in [0.2, 0.25) is 5.02 Å². The van der Waals surface area contributed by atoms with Gasteiger partial charge in [-0.3, -0.25) is 4.79 Å². The molecule has 1 amide bonds. The van der Waals surface area contributed by atoms with E-state index in [1.54, 1.807) is 12.1 Å². The van der Waals surface area contributed by atoms with E-state index in [2.05, 4.69) is 20.6 Å². The molecule has 0 aliphatic carbocycles. The van der Waals surface area contributed by atoms with Crippen molar-refractivity contribution in [1.29, 1.82) is 0 Å². The summed E-state index contributed by atoms with van der Waals surface area (Å²) in [4.78, 5) is 20.7. The van der Waals surface area contributed by atoms with Crippen molar-refractivity contribution < 1.29 is 4.79 Å². The molecular weight excluding hydrogens is 336 g/mol. The minimum Gasteiger partial charge on any atom is -0.339 e. The number of anilines is 3. The number of rotatable bonds is 4. The maximum absolute atomic E-state index is 12.3. The monoisotopic (exact) mass is 352 g/mol. The van der Waals surface area contributed by atoms with Gasteiger partial charge >= 0.3 is 0 Å². The number of carbonyl (C=O) groups excluding carboxylic acids is 1. The third kappa shape index (κ3) is 4.14. The van der Waals surface area contributed by atoms with Crippen molar-refractivity contribution in [2.45, 2.75) is 13.8 Å². The number of hydrogen-bond donors (Lipinski definition) is 2. The molecule has 3 rings (SSSR count). The molecule has 0 aliphatic heterocycles. The number of nitrogens with one attached hydrogen (secondary N) is 2. The van der Waals surface area contributed by atoms with Gasteiger partial charge in [0, 0.05) is 16.4 Å². The summed E-state index contributed by atoms with van der Waals surface area (Å²) in [6.45, 7) is 3.91. The molecule has 25 heavy (non-hydrogen) atoms. The third-order valence-corrected chi connectivity index (χ3v) is 4.13. The first kappa shape index (κ1) is 16.9. The Hall–Kier alpha value is -2.92. The molecule has 0 bridgehead atoms. The van der Waals surface area contributed by atoms with Crippen LogP contribution in [-0.4, -0.2) is 15.9 Å². The van der Waals surface area contributed by atoms with Gasteiger partial charge in [0.05, 0.1) is 12.4 Å². The molecule has 0 radical (unpaired) electrons. The number of aromatic nitrogens is 2. The van der Waals surface area contributed by atoms with E-state index < -0.39 is 0 Å². The summed E-state index contributed by atoms with van der Waals surface area (Å²) in [5.74, 6) is 0.235. The topological polar surface area (TPSA) is 66.9 Å². The minimum atomic E-state index is -0.338. The van der Waals surface area contributed by atoms with Crippen molar-refractivity contribution in [3.8, 4) is 0 Å². The first-order valence-corrected chi connectivity index (χ1v) is 8.13. The molecule has 6 heteroatoms. The number of benzene rings is 2. The molecule has 2 aromatic carbocycles. The maximum atomic E-state index is 12.3. The van der Waals surface area contributed by atoms with Gasteiger partial charge in [-0.25, -0.2) is 9.97 Å². The molecule has 0 fully saturated rings. The van der Waals surface area contributed by atoms with Gasteiger partial charge in [-0.2, -0.15) is 0 Å². The molecule has 0 saturated heterocycles. The Morgan fingerprint density at radius 1 is 1.00 bits per heavy atom. The molecule has 0 unspecified atom stereocenters. The average Bonchev–Trinajstić information content (AvgIpc) is 2.61. The summed E-state index contributed by atoms with van der Waals surface area (Å²) < 4.78 is 0. The first-order valence-electron chi connectivity index (χ1n) is 7.75. The first-order chi connectivity index (χ1) is 12.0. The van der Waals surface area contributed by atoms with Crippen molar-refractivity contribution in [3.63, 3.8) is 0 Å². The Bertz CT molecular complexity index is 910. The molecule has 2 N–H and O–H groups in total. The van der Waals surface area contributed by atoms with Crippen LogP contribution >= 0.6 is 11.6 Å².